The summed E-state index contributed by atoms with van der Waals surface area (Å²) in [7, 11) is 0. The lowest BCUT2D eigenvalue weighted by atomic mass is 10.0. The zero-order valence-electron chi connectivity index (χ0n) is 9.00. The molecule has 1 aromatic carbocycles. The Labute approximate surface area is 95.1 Å². The van der Waals surface area contributed by atoms with E-state index in [9.17, 15) is 0 Å². The van der Waals surface area contributed by atoms with Gasteiger partial charge in [-0.2, -0.15) is 0 Å². The second-order valence-electron chi connectivity index (χ2n) is 4.15. The highest BCUT2D eigenvalue weighted by Gasteiger charge is 2.46. The third-order valence-electron chi connectivity index (χ3n) is 2.51. The molecular formula is C12H15ClO2. The van der Waals surface area contributed by atoms with Gasteiger partial charge in [0.25, 0.3) is 0 Å². The summed E-state index contributed by atoms with van der Waals surface area (Å²) in [5, 5.41) is 0.749. The first kappa shape index (κ1) is 10.9. The lowest BCUT2D eigenvalue weighted by molar-refractivity contribution is 0.0357. The van der Waals surface area contributed by atoms with E-state index in [1.807, 2.05) is 38.1 Å². The lowest BCUT2D eigenvalue weighted by Gasteiger charge is -2.14. The number of hydrogen-bond acceptors (Lipinski definition) is 2. The molecule has 0 radical (unpaired) electrons. The van der Waals surface area contributed by atoms with E-state index in [2.05, 4.69) is 0 Å². The van der Waals surface area contributed by atoms with E-state index in [0.717, 1.165) is 17.2 Å². The van der Waals surface area contributed by atoms with Gasteiger partial charge in [-0.15, -0.1) is 0 Å². The smallest absolute Gasteiger partial charge is 0.140 e. The van der Waals surface area contributed by atoms with Gasteiger partial charge in [-0.05, 0) is 31.5 Å². The molecule has 15 heavy (non-hydrogen) atoms. The van der Waals surface area contributed by atoms with Gasteiger partial charge < -0.3 is 9.47 Å². The van der Waals surface area contributed by atoms with Crippen molar-refractivity contribution in [1.82, 2.24) is 0 Å². The SMILES string of the molecule is CC(C)OCC1(c2ccc(Cl)cc2)CO1. The van der Waals surface area contributed by atoms with E-state index in [1.54, 1.807) is 0 Å². The van der Waals surface area contributed by atoms with Crippen LogP contribution in [0.15, 0.2) is 24.3 Å². The third-order valence-corrected chi connectivity index (χ3v) is 2.76. The first-order chi connectivity index (χ1) is 7.12. The van der Waals surface area contributed by atoms with Crippen LogP contribution >= 0.6 is 11.6 Å². The van der Waals surface area contributed by atoms with Crippen LogP contribution in [0.3, 0.4) is 0 Å². The molecule has 3 heteroatoms. The van der Waals surface area contributed by atoms with Gasteiger partial charge in [-0.3, -0.25) is 0 Å². The number of ether oxygens (including phenoxy) is 2. The minimum atomic E-state index is -0.213. The highest BCUT2D eigenvalue weighted by Crippen LogP contribution is 2.39. The summed E-state index contributed by atoms with van der Waals surface area (Å²) in [6, 6.07) is 7.77. The van der Waals surface area contributed by atoms with Gasteiger partial charge in [0, 0.05) is 5.02 Å². The monoisotopic (exact) mass is 226 g/mol. The third kappa shape index (κ3) is 2.51. The molecule has 0 bridgehead atoms. The number of benzene rings is 1. The van der Waals surface area contributed by atoms with Crippen molar-refractivity contribution < 1.29 is 9.47 Å². The van der Waals surface area contributed by atoms with Gasteiger partial charge >= 0.3 is 0 Å². The van der Waals surface area contributed by atoms with Crippen LogP contribution in [-0.4, -0.2) is 19.3 Å². The molecule has 1 atom stereocenters. The molecule has 1 aliphatic rings. The largest absolute Gasteiger partial charge is 0.375 e. The van der Waals surface area contributed by atoms with E-state index in [0.29, 0.717) is 6.61 Å². The van der Waals surface area contributed by atoms with Crippen molar-refractivity contribution in [2.75, 3.05) is 13.2 Å². The van der Waals surface area contributed by atoms with E-state index >= 15 is 0 Å². The summed E-state index contributed by atoms with van der Waals surface area (Å²) in [6.45, 7) is 5.41. The van der Waals surface area contributed by atoms with E-state index < -0.39 is 0 Å². The standard InChI is InChI=1S/C12H15ClO2/c1-9(2)14-7-12(8-15-12)10-3-5-11(13)6-4-10/h3-6,9H,7-8H2,1-2H3. The fourth-order valence-corrected chi connectivity index (χ4v) is 1.60. The number of epoxide rings is 1. The Morgan fingerprint density at radius 1 is 1.40 bits per heavy atom. The summed E-state index contributed by atoms with van der Waals surface area (Å²) < 4.78 is 11.1. The highest BCUT2D eigenvalue weighted by atomic mass is 35.5. The summed E-state index contributed by atoms with van der Waals surface area (Å²) in [5.41, 5.74) is 0.932. The van der Waals surface area contributed by atoms with Gasteiger partial charge in [0.15, 0.2) is 0 Å². The molecule has 1 fully saturated rings. The molecule has 1 aliphatic heterocycles. The van der Waals surface area contributed by atoms with Gasteiger partial charge in [0.2, 0.25) is 0 Å². The maximum Gasteiger partial charge on any atom is 0.140 e. The second kappa shape index (κ2) is 4.12. The quantitative estimate of drug-likeness (QED) is 0.737. The summed E-state index contributed by atoms with van der Waals surface area (Å²) in [6.07, 6.45) is 0.235. The predicted molar refractivity (Wildman–Crippen MR) is 60.2 cm³/mol. The van der Waals surface area contributed by atoms with Crippen molar-refractivity contribution in [3.05, 3.63) is 34.9 Å². The molecule has 1 aromatic rings. The van der Waals surface area contributed by atoms with Crippen molar-refractivity contribution in [2.45, 2.75) is 25.6 Å². The van der Waals surface area contributed by atoms with E-state index in [-0.39, 0.29) is 11.7 Å². The maximum atomic E-state index is 5.84. The zero-order valence-corrected chi connectivity index (χ0v) is 9.75. The molecule has 82 valence electrons. The average Bonchev–Trinajstić information content (AvgIpc) is 2.97. The molecule has 1 unspecified atom stereocenters. The molecule has 0 amide bonds. The topological polar surface area (TPSA) is 21.8 Å². The van der Waals surface area contributed by atoms with Crippen molar-refractivity contribution in [3.8, 4) is 0 Å². The van der Waals surface area contributed by atoms with E-state index in [4.69, 9.17) is 21.1 Å². The number of halogens is 1. The van der Waals surface area contributed by atoms with Crippen LogP contribution < -0.4 is 0 Å². The second-order valence-corrected chi connectivity index (χ2v) is 4.59. The highest BCUT2D eigenvalue weighted by molar-refractivity contribution is 6.30. The van der Waals surface area contributed by atoms with Crippen LogP contribution in [0.5, 0.6) is 0 Å². The molecule has 0 spiro atoms. The molecule has 2 rings (SSSR count). The fraction of sp³-hybridized carbons (Fsp3) is 0.500. The van der Waals surface area contributed by atoms with Crippen LogP contribution in [0.4, 0.5) is 0 Å². The van der Waals surface area contributed by atoms with Gasteiger partial charge in [-0.1, -0.05) is 23.7 Å². The van der Waals surface area contributed by atoms with Gasteiger partial charge in [0.05, 0.1) is 19.3 Å². The molecule has 1 heterocycles. The predicted octanol–water partition coefficient (Wildman–Crippen LogP) is 2.99. The van der Waals surface area contributed by atoms with Crippen LogP contribution in [0.1, 0.15) is 19.4 Å². The Bertz CT molecular complexity index is 328. The van der Waals surface area contributed by atoms with Crippen molar-refractivity contribution >= 4 is 11.6 Å². The Morgan fingerprint density at radius 2 is 2.00 bits per heavy atom. The molecular weight excluding hydrogens is 212 g/mol. The normalized spacial score (nSPS) is 24.5. The van der Waals surface area contributed by atoms with Crippen LogP contribution in [0, 0.1) is 0 Å². The molecule has 0 aromatic heterocycles. The molecule has 2 nitrogen and oxygen atoms in total. The Kier molecular flexibility index (Phi) is 3.01. The lowest BCUT2D eigenvalue weighted by Crippen LogP contribution is -2.19. The molecule has 0 saturated carbocycles. The maximum absolute atomic E-state index is 5.84. The van der Waals surface area contributed by atoms with Crippen LogP contribution in [0.25, 0.3) is 0 Å². The number of hydrogen-bond donors (Lipinski definition) is 0. The van der Waals surface area contributed by atoms with Crippen molar-refractivity contribution in [2.24, 2.45) is 0 Å². The molecule has 0 aliphatic carbocycles. The molecule has 0 N–H and O–H groups in total. The van der Waals surface area contributed by atoms with Crippen LogP contribution in [-0.2, 0) is 15.1 Å². The zero-order chi connectivity index (χ0) is 10.9. The van der Waals surface area contributed by atoms with Crippen molar-refractivity contribution in [1.29, 1.82) is 0 Å². The fourth-order valence-electron chi connectivity index (χ4n) is 1.48. The average molecular weight is 227 g/mol. The first-order valence-corrected chi connectivity index (χ1v) is 5.52. The summed E-state index contributed by atoms with van der Waals surface area (Å²) in [5.74, 6) is 0. The van der Waals surface area contributed by atoms with Crippen molar-refractivity contribution in [3.63, 3.8) is 0 Å². The van der Waals surface area contributed by atoms with E-state index in [1.165, 1.54) is 0 Å². The summed E-state index contributed by atoms with van der Waals surface area (Å²) in [4.78, 5) is 0. The first-order valence-electron chi connectivity index (χ1n) is 5.14. The molecule has 1 saturated heterocycles. The Balaban J connectivity index is 2.06. The van der Waals surface area contributed by atoms with Crippen LogP contribution in [0.2, 0.25) is 5.02 Å². The summed E-state index contributed by atoms with van der Waals surface area (Å²) >= 11 is 5.84. The minimum absolute atomic E-state index is 0.213. The Morgan fingerprint density at radius 3 is 2.47 bits per heavy atom. The Hall–Kier alpha value is -0.570. The van der Waals surface area contributed by atoms with Gasteiger partial charge in [0.1, 0.15) is 5.60 Å². The minimum Gasteiger partial charge on any atom is -0.375 e. The van der Waals surface area contributed by atoms with Gasteiger partial charge in [-0.25, -0.2) is 0 Å². The number of rotatable bonds is 4.